The molecule has 3 heteroatoms. The molecule has 0 aliphatic carbocycles. The lowest BCUT2D eigenvalue weighted by Gasteiger charge is -2.10. The summed E-state index contributed by atoms with van der Waals surface area (Å²) in [5.41, 5.74) is 2.37. The highest BCUT2D eigenvalue weighted by molar-refractivity contribution is 5.78. The molecule has 18 heavy (non-hydrogen) atoms. The number of rotatable bonds is 5. The Kier molecular flexibility index (Phi) is 4.76. The van der Waals surface area contributed by atoms with Gasteiger partial charge in [0, 0.05) is 13.2 Å². The molecule has 0 bridgehead atoms. The average molecular weight is 247 g/mol. The van der Waals surface area contributed by atoms with Crippen LogP contribution < -0.4 is 5.32 Å². The van der Waals surface area contributed by atoms with Gasteiger partial charge in [0.1, 0.15) is 0 Å². The van der Waals surface area contributed by atoms with Crippen molar-refractivity contribution in [3.05, 3.63) is 35.4 Å². The Balaban J connectivity index is 1.75. The van der Waals surface area contributed by atoms with Crippen LogP contribution in [0.1, 0.15) is 30.9 Å². The zero-order valence-corrected chi connectivity index (χ0v) is 10.9. The highest BCUT2D eigenvalue weighted by atomic mass is 16.5. The van der Waals surface area contributed by atoms with Crippen LogP contribution in [0.2, 0.25) is 0 Å². The molecule has 3 nitrogen and oxygen atoms in total. The number of hydrogen-bond acceptors (Lipinski definition) is 2. The molecule has 1 aliphatic rings. The van der Waals surface area contributed by atoms with Crippen molar-refractivity contribution in [2.75, 3.05) is 13.2 Å². The summed E-state index contributed by atoms with van der Waals surface area (Å²) in [6, 6.07) is 8.24. The number of nitrogens with one attached hydrogen (secondary N) is 1. The molecule has 0 unspecified atom stereocenters. The quantitative estimate of drug-likeness (QED) is 0.865. The second-order valence-corrected chi connectivity index (χ2v) is 4.79. The summed E-state index contributed by atoms with van der Waals surface area (Å²) >= 11 is 0. The number of amides is 1. The number of aryl methyl sites for hydroxylation is 1. The molecule has 1 fully saturated rings. The largest absolute Gasteiger partial charge is 0.376 e. The van der Waals surface area contributed by atoms with Gasteiger partial charge < -0.3 is 10.1 Å². The monoisotopic (exact) mass is 247 g/mol. The maximum atomic E-state index is 11.8. The van der Waals surface area contributed by atoms with Crippen LogP contribution >= 0.6 is 0 Å². The number of carbonyl (C=O) groups excluding carboxylic acids is 1. The molecule has 1 atom stereocenters. The maximum Gasteiger partial charge on any atom is 0.224 e. The van der Waals surface area contributed by atoms with E-state index in [4.69, 9.17) is 4.74 Å². The van der Waals surface area contributed by atoms with Gasteiger partial charge in [-0.3, -0.25) is 4.79 Å². The highest BCUT2D eigenvalue weighted by Crippen LogP contribution is 2.10. The molecule has 0 radical (unpaired) electrons. The molecule has 1 amide bonds. The van der Waals surface area contributed by atoms with Gasteiger partial charge in [-0.2, -0.15) is 0 Å². The van der Waals surface area contributed by atoms with Crippen molar-refractivity contribution >= 4 is 5.91 Å². The molecule has 1 aromatic rings. The fourth-order valence-corrected chi connectivity index (χ4v) is 2.17. The Hall–Kier alpha value is -1.35. The predicted molar refractivity (Wildman–Crippen MR) is 71.5 cm³/mol. The fraction of sp³-hybridized carbons (Fsp3) is 0.533. The summed E-state index contributed by atoms with van der Waals surface area (Å²) in [4.78, 5) is 11.8. The van der Waals surface area contributed by atoms with Crippen LogP contribution in [-0.4, -0.2) is 25.2 Å². The minimum Gasteiger partial charge on any atom is -0.376 e. The van der Waals surface area contributed by atoms with Gasteiger partial charge >= 0.3 is 0 Å². The smallest absolute Gasteiger partial charge is 0.224 e. The molecule has 1 saturated heterocycles. The van der Waals surface area contributed by atoms with Gasteiger partial charge in [-0.25, -0.2) is 0 Å². The summed E-state index contributed by atoms with van der Waals surface area (Å²) in [6.45, 7) is 3.61. The molecule has 1 N–H and O–H groups in total. The minimum atomic E-state index is 0.0785. The third-order valence-electron chi connectivity index (χ3n) is 3.35. The van der Waals surface area contributed by atoms with Gasteiger partial charge in [-0.05, 0) is 30.4 Å². The van der Waals surface area contributed by atoms with E-state index in [1.54, 1.807) is 0 Å². The van der Waals surface area contributed by atoms with Crippen molar-refractivity contribution in [1.29, 1.82) is 0 Å². The maximum absolute atomic E-state index is 11.8. The summed E-state index contributed by atoms with van der Waals surface area (Å²) < 4.78 is 5.47. The van der Waals surface area contributed by atoms with Crippen molar-refractivity contribution in [3.8, 4) is 0 Å². The van der Waals surface area contributed by atoms with Gasteiger partial charge in [0.2, 0.25) is 5.91 Å². The van der Waals surface area contributed by atoms with Crippen molar-refractivity contribution in [2.24, 2.45) is 0 Å². The van der Waals surface area contributed by atoms with Gasteiger partial charge in [0.05, 0.1) is 12.5 Å². The molecule has 0 saturated carbocycles. The van der Waals surface area contributed by atoms with E-state index < -0.39 is 0 Å². The summed E-state index contributed by atoms with van der Waals surface area (Å²) in [5.74, 6) is 0.0785. The lowest BCUT2D eigenvalue weighted by atomic mass is 10.1. The van der Waals surface area contributed by atoms with Crippen LogP contribution in [0, 0.1) is 0 Å². The van der Waals surface area contributed by atoms with E-state index in [9.17, 15) is 4.79 Å². The second kappa shape index (κ2) is 6.55. The van der Waals surface area contributed by atoms with Gasteiger partial charge in [0.15, 0.2) is 0 Å². The number of hydrogen-bond donors (Lipinski definition) is 1. The lowest BCUT2D eigenvalue weighted by Crippen LogP contribution is -2.32. The first-order chi connectivity index (χ1) is 8.78. The van der Waals surface area contributed by atoms with E-state index in [-0.39, 0.29) is 12.0 Å². The Morgan fingerprint density at radius 1 is 1.33 bits per heavy atom. The third kappa shape index (κ3) is 3.84. The van der Waals surface area contributed by atoms with E-state index in [0.717, 1.165) is 31.4 Å². The van der Waals surface area contributed by atoms with Crippen LogP contribution in [0.4, 0.5) is 0 Å². The molecular weight excluding hydrogens is 226 g/mol. The van der Waals surface area contributed by atoms with Crippen LogP contribution in [0.5, 0.6) is 0 Å². The predicted octanol–water partition coefficient (Wildman–Crippen LogP) is 2.09. The Morgan fingerprint density at radius 2 is 2.06 bits per heavy atom. The Bertz CT molecular complexity index is 380. The first-order valence-corrected chi connectivity index (χ1v) is 6.74. The number of benzene rings is 1. The molecule has 98 valence electrons. The highest BCUT2D eigenvalue weighted by Gasteiger charge is 2.16. The topological polar surface area (TPSA) is 38.3 Å². The Labute approximate surface area is 109 Å². The second-order valence-electron chi connectivity index (χ2n) is 4.79. The van der Waals surface area contributed by atoms with Gasteiger partial charge in [-0.1, -0.05) is 31.2 Å². The molecule has 0 aromatic heterocycles. The SMILES string of the molecule is CCc1ccc(CC(=O)NC[C@@H]2CCCO2)cc1. The van der Waals surface area contributed by atoms with Crippen LogP contribution in [-0.2, 0) is 22.4 Å². The van der Waals surface area contributed by atoms with Crippen LogP contribution in [0.25, 0.3) is 0 Å². The third-order valence-corrected chi connectivity index (χ3v) is 3.35. The molecule has 0 spiro atoms. The standard InChI is InChI=1S/C15H21NO2/c1-2-12-5-7-13(8-6-12)10-15(17)16-11-14-4-3-9-18-14/h5-8,14H,2-4,9-11H2,1H3,(H,16,17)/t14-/m0/s1. The zero-order chi connectivity index (χ0) is 12.8. The van der Waals surface area contributed by atoms with Gasteiger partial charge in [-0.15, -0.1) is 0 Å². The molecule has 1 aliphatic heterocycles. The van der Waals surface area contributed by atoms with E-state index in [1.165, 1.54) is 5.56 Å². The van der Waals surface area contributed by atoms with Crippen LogP contribution in [0.3, 0.4) is 0 Å². The van der Waals surface area contributed by atoms with Gasteiger partial charge in [0.25, 0.3) is 0 Å². The van der Waals surface area contributed by atoms with E-state index in [0.29, 0.717) is 13.0 Å². The molecule has 1 heterocycles. The van der Waals surface area contributed by atoms with Crippen molar-refractivity contribution < 1.29 is 9.53 Å². The first kappa shape index (κ1) is 13.1. The van der Waals surface area contributed by atoms with Crippen molar-refractivity contribution in [1.82, 2.24) is 5.32 Å². The minimum absolute atomic E-state index is 0.0785. The zero-order valence-electron chi connectivity index (χ0n) is 10.9. The van der Waals surface area contributed by atoms with Crippen molar-refractivity contribution in [3.63, 3.8) is 0 Å². The fourth-order valence-electron chi connectivity index (χ4n) is 2.17. The van der Waals surface area contributed by atoms with E-state index in [2.05, 4.69) is 24.4 Å². The molecule has 2 rings (SSSR count). The van der Waals surface area contributed by atoms with Crippen molar-refractivity contribution in [2.45, 2.75) is 38.7 Å². The first-order valence-electron chi connectivity index (χ1n) is 6.74. The molecule has 1 aromatic carbocycles. The summed E-state index contributed by atoms with van der Waals surface area (Å²) in [7, 11) is 0. The average Bonchev–Trinajstić information content (AvgIpc) is 2.90. The summed E-state index contributed by atoms with van der Waals surface area (Å²) in [6.07, 6.45) is 3.88. The van der Waals surface area contributed by atoms with Crippen LogP contribution in [0.15, 0.2) is 24.3 Å². The lowest BCUT2D eigenvalue weighted by molar-refractivity contribution is -0.120. The van der Waals surface area contributed by atoms with E-state index in [1.807, 2.05) is 12.1 Å². The number of ether oxygens (including phenoxy) is 1. The van der Waals surface area contributed by atoms with E-state index >= 15 is 0 Å². The Morgan fingerprint density at radius 3 is 2.67 bits per heavy atom. The number of carbonyl (C=O) groups is 1. The molecular formula is C15H21NO2. The normalized spacial score (nSPS) is 18.8. The summed E-state index contributed by atoms with van der Waals surface area (Å²) in [5, 5.41) is 2.94.